The van der Waals surface area contributed by atoms with E-state index in [1.54, 1.807) is 24.3 Å². The fraction of sp³-hybridized carbons (Fsp3) is 0.529. The predicted molar refractivity (Wildman–Crippen MR) is 80.3 cm³/mol. The van der Waals surface area contributed by atoms with Crippen molar-refractivity contribution in [2.24, 2.45) is 5.92 Å². The molecule has 0 amide bonds. The van der Waals surface area contributed by atoms with Crippen molar-refractivity contribution in [3.05, 3.63) is 35.9 Å². The van der Waals surface area contributed by atoms with Crippen LogP contribution in [0.25, 0.3) is 0 Å². The Morgan fingerprint density at radius 3 is 2.52 bits per heavy atom. The molecule has 2 aliphatic rings. The van der Waals surface area contributed by atoms with Crippen LogP contribution in [0, 0.1) is 5.92 Å². The van der Waals surface area contributed by atoms with E-state index in [1.165, 1.54) is 7.11 Å². The molecular weight excluding hydrogens is 318 g/mol. The SMILES string of the molecule is COC(=O)C1C(OC(=O)c2ccccc2)CC2CCC1N2C.[Cl-]. The molecule has 0 radical (unpaired) electrons. The van der Waals surface area contributed by atoms with Crippen molar-refractivity contribution < 1.29 is 31.5 Å². The number of fused-ring (bicyclic) bond motifs is 2. The first kappa shape index (κ1) is 17.8. The molecule has 2 bridgehead atoms. The molecule has 2 fully saturated rings. The summed E-state index contributed by atoms with van der Waals surface area (Å²) in [5.41, 5.74) is 0.511. The van der Waals surface area contributed by atoms with Crippen LogP contribution in [-0.2, 0) is 14.3 Å². The van der Waals surface area contributed by atoms with Gasteiger partial charge in [0.15, 0.2) is 0 Å². The molecule has 5 nitrogen and oxygen atoms in total. The van der Waals surface area contributed by atoms with Gasteiger partial charge < -0.3 is 21.9 Å². The third-order valence-corrected chi connectivity index (χ3v) is 4.96. The molecule has 1 aromatic rings. The maximum absolute atomic E-state index is 12.3. The van der Waals surface area contributed by atoms with Crippen molar-refractivity contribution in [2.45, 2.75) is 37.5 Å². The first-order chi connectivity index (χ1) is 10.6. The van der Waals surface area contributed by atoms with E-state index in [-0.39, 0.29) is 30.4 Å². The van der Waals surface area contributed by atoms with E-state index in [9.17, 15) is 9.59 Å². The van der Waals surface area contributed by atoms with Gasteiger partial charge >= 0.3 is 11.9 Å². The highest BCUT2D eigenvalue weighted by Crippen LogP contribution is 2.40. The van der Waals surface area contributed by atoms with Crippen molar-refractivity contribution in [1.82, 2.24) is 4.90 Å². The average Bonchev–Trinajstić information content (AvgIpc) is 2.78. The Kier molecular flexibility index (Phi) is 5.65. The summed E-state index contributed by atoms with van der Waals surface area (Å²) < 4.78 is 10.6. The number of esters is 2. The van der Waals surface area contributed by atoms with Gasteiger partial charge in [-0.2, -0.15) is 0 Å². The molecule has 6 heteroatoms. The zero-order valence-electron chi connectivity index (χ0n) is 13.3. The van der Waals surface area contributed by atoms with Crippen LogP contribution >= 0.6 is 0 Å². The molecule has 4 unspecified atom stereocenters. The van der Waals surface area contributed by atoms with E-state index in [0.29, 0.717) is 18.0 Å². The van der Waals surface area contributed by atoms with Crippen molar-refractivity contribution in [3.8, 4) is 0 Å². The quantitative estimate of drug-likeness (QED) is 0.653. The van der Waals surface area contributed by atoms with E-state index in [4.69, 9.17) is 9.47 Å². The Balaban J connectivity index is 0.00000192. The highest BCUT2D eigenvalue weighted by molar-refractivity contribution is 5.89. The van der Waals surface area contributed by atoms with Crippen LogP contribution in [0.2, 0.25) is 0 Å². The summed E-state index contributed by atoms with van der Waals surface area (Å²) in [5.74, 6) is -1.06. The first-order valence-electron chi connectivity index (χ1n) is 7.67. The number of benzene rings is 1. The number of carbonyl (C=O) groups excluding carboxylic acids is 2. The second-order valence-corrected chi connectivity index (χ2v) is 6.06. The molecule has 0 saturated carbocycles. The highest BCUT2D eigenvalue weighted by Gasteiger charge is 2.50. The molecule has 2 saturated heterocycles. The van der Waals surface area contributed by atoms with Crippen molar-refractivity contribution >= 4 is 11.9 Å². The van der Waals surface area contributed by atoms with Crippen LogP contribution in [0.4, 0.5) is 0 Å². The molecule has 2 heterocycles. The number of carbonyl (C=O) groups is 2. The van der Waals surface area contributed by atoms with Crippen LogP contribution in [0.3, 0.4) is 0 Å². The van der Waals surface area contributed by atoms with Gasteiger partial charge in [-0.3, -0.25) is 9.69 Å². The first-order valence-corrected chi connectivity index (χ1v) is 7.67. The van der Waals surface area contributed by atoms with Crippen molar-refractivity contribution in [2.75, 3.05) is 14.2 Å². The standard InChI is InChI=1S/C17H21NO4.ClH/c1-18-12-8-9-13(18)15(17(20)21-2)14(10-12)22-16(19)11-6-4-3-5-7-11;/h3-7,12-15H,8-10H2,1-2H3;1H/p-1. The predicted octanol–water partition coefficient (Wildman–Crippen LogP) is -1.13. The molecule has 23 heavy (non-hydrogen) atoms. The summed E-state index contributed by atoms with van der Waals surface area (Å²) in [5, 5.41) is 0. The van der Waals surface area contributed by atoms with E-state index >= 15 is 0 Å². The van der Waals surface area contributed by atoms with Gasteiger partial charge in [0.25, 0.3) is 0 Å². The molecule has 3 rings (SSSR count). The molecular formula is C17H21ClNO4-. The lowest BCUT2D eigenvalue weighted by atomic mass is 9.87. The second-order valence-electron chi connectivity index (χ2n) is 6.06. The van der Waals surface area contributed by atoms with Gasteiger partial charge in [-0.15, -0.1) is 0 Å². The third-order valence-electron chi connectivity index (χ3n) is 4.96. The number of halogens is 1. The number of piperidine rings is 1. The number of methoxy groups -OCH3 is 1. The monoisotopic (exact) mass is 338 g/mol. The Bertz CT molecular complexity index is 565. The summed E-state index contributed by atoms with van der Waals surface area (Å²) in [4.78, 5) is 26.7. The van der Waals surface area contributed by atoms with Crippen LogP contribution in [-0.4, -0.2) is 49.2 Å². The maximum Gasteiger partial charge on any atom is 0.338 e. The van der Waals surface area contributed by atoms with Crippen LogP contribution < -0.4 is 12.4 Å². The Morgan fingerprint density at radius 2 is 1.87 bits per heavy atom. The van der Waals surface area contributed by atoms with Crippen LogP contribution in [0.1, 0.15) is 29.6 Å². The molecule has 2 aliphatic heterocycles. The van der Waals surface area contributed by atoms with Gasteiger partial charge in [-0.05, 0) is 32.0 Å². The minimum absolute atomic E-state index is 0. The largest absolute Gasteiger partial charge is 1.00 e. The highest BCUT2D eigenvalue weighted by atomic mass is 35.5. The lowest BCUT2D eigenvalue weighted by Crippen LogP contribution is -3.00. The van der Waals surface area contributed by atoms with E-state index in [0.717, 1.165) is 12.8 Å². The van der Waals surface area contributed by atoms with Gasteiger partial charge in [-0.1, -0.05) is 18.2 Å². The Hall–Kier alpha value is -1.59. The number of rotatable bonds is 3. The topological polar surface area (TPSA) is 55.8 Å². The van der Waals surface area contributed by atoms with Gasteiger partial charge in [0, 0.05) is 18.5 Å². The fourth-order valence-electron chi connectivity index (χ4n) is 3.77. The maximum atomic E-state index is 12.3. The van der Waals surface area contributed by atoms with Gasteiger partial charge in [0.2, 0.25) is 0 Å². The van der Waals surface area contributed by atoms with Gasteiger partial charge in [-0.25, -0.2) is 4.79 Å². The summed E-state index contributed by atoms with van der Waals surface area (Å²) in [6, 6.07) is 9.36. The summed E-state index contributed by atoms with van der Waals surface area (Å²) in [6.07, 6.45) is 2.26. The zero-order chi connectivity index (χ0) is 15.7. The lowest BCUT2D eigenvalue weighted by molar-refractivity contribution is -0.156. The molecule has 0 N–H and O–H groups in total. The zero-order valence-corrected chi connectivity index (χ0v) is 14.0. The summed E-state index contributed by atoms with van der Waals surface area (Å²) in [7, 11) is 3.42. The van der Waals surface area contributed by atoms with Crippen LogP contribution in [0.15, 0.2) is 30.3 Å². The van der Waals surface area contributed by atoms with Crippen LogP contribution in [0.5, 0.6) is 0 Å². The molecule has 0 aromatic heterocycles. The number of hydrogen-bond acceptors (Lipinski definition) is 5. The fourth-order valence-corrected chi connectivity index (χ4v) is 3.77. The number of ether oxygens (including phenoxy) is 2. The molecule has 0 aliphatic carbocycles. The lowest BCUT2D eigenvalue weighted by Gasteiger charge is -2.40. The minimum atomic E-state index is -0.408. The minimum Gasteiger partial charge on any atom is -1.00 e. The van der Waals surface area contributed by atoms with Gasteiger partial charge in [0.1, 0.15) is 12.0 Å². The van der Waals surface area contributed by atoms with E-state index < -0.39 is 12.0 Å². The third kappa shape index (κ3) is 3.35. The van der Waals surface area contributed by atoms with Crippen molar-refractivity contribution in [1.29, 1.82) is 0 Å². The summed E-state index contributed by atoms with van der Waals surface area (Å²) in [6.45, 7) is 0. The average molecular weight is 339 g/mol. The molecule has 1 aromatic carbocycles. The second kappa shape index (κ2) is 7.32. The van der Waals surface area contributed by atoms with Crippen molar-refractivity contribution in [3.63, 3.8) is 0 Å². The normalized spacial score (nSPS) is 29.5. The molecule has 0 spiro atoms. The van der Waals surface area contributed by atoms with E-state index in [2.05, 4.69) is 4.90 Å². The summed E-state index contributed by atoms with van der Waals surface area (Å²) >= 11 is 0. The molecule has 126 valence electrons. The number of nitrogens with zero attached hydrogens (tertiary/aromatic N) is 1. The Morgan fingerprint density at radius 1 is 1.17 bits per heavy atom. The smallest absolute Gasteiger partial charge is 0.338 e. The Labute approximate surface area is 142 Å². The molecule has 4 atom stereocenters. The number of hydrogen-bond donors (Lipinski definition) is 0. The van der Waals surface area contributed by atoms with Gasteiger partial charge in [0.05, 0.1) is 12.7 Å². The van der Waals surface area contributed by atoms with E-state index in [1.807, 2.05) is 13.1 Å².